The molecule has 0 aromatic heterocycles. The maximum Gasteiger partial charge on any atom is 0.272 e. The summed E-state index contributed by atoms with van der Waals surface area (Å²) in [4.78, 5) is 0. The molecule has 0 saturated carbocycles. The number of hydrogen-bond acceptors (Lipinski definition) is 4. The first-order valence-electron chi connectivity index (χ1n) is 5.95. The van der Waals surface area contributed by atoms with Gasteiger partial charge in [0.25, 0.3) is 6.43 Å². The summed E-state index contributed by atoms with van der Waals surface area (Å²) in [6, 6.07) is 5.25. The van der Waals surface area contributed by atoms with Gasteiger partial charge in [0.05, 0.1) is 13.7 Å². The van der Waals surface area contributed by atoms with E-state index in [-0.39, 0.29) is 0 Å². The van der Waals surface area contributed by atoms with Gasteiger partial charge >= 0.3 is 0 Å². The summed E-state index contributed by atoms with van der Waals surface area (Å²) in [6.45, 7) is 1.30. The molecule has 0 aliphatic heterocycles. The number of rotatable bonds is 9. The number of hydrogen-bond donors (Lipinski definition) is 1. The highest BCUT2D eigenvalue weighted by Crippen LogP contribution is 2.28. The fourth-order valence-electron chi connectivity index (χ4n) is 1.50. The molecule has 0 unspecified atom stereocenters. The lowest BCUT2D eigenvalue weighted by molar-refractivity contribution is 0.0804. The van der Waals surface area contributed by atoms with Crippen molar-refractivity contribution in [3.05, 3.63) is 23.8 Å². The number of nitrogens with one attached hydrogen (secondary N) is 1. The largest absolute Gasteiger partial charge is 0.493 e. The summed E-state index contributed by atoms with van der Waals surface area (Å²) in [6.07, 6.45) is -2.51. The first kappa shape index (κ1) is 15.7. The Kier molecular flexibility index (Phi) is 7.14. The lowest BCUT2D eigenvalue weighted by atomic mass is 10.2. The standard InChI is InChI=1S/C13H19F2NO3/c1-17-6-5-16-8-10-3-4-11(18-2)12(7-10)19-9-13(14)15/h3-4,7,13,16H,5-6,8-9H2,1-2H3. The molecule has 0 aliphatic carbocycles. The molecule has 1 N–H and O–H groups in total. The molecule has 1 rings (SSSR count). The van der Waals surface area contributed by atoms with E-state index < -0.39 is 13.0 Å². The summed E-state index contributed by atoms with van der Waals surface area (Å²) in [5, 5.41) is 3.16. The third kappa shape index (κ3) is 5.85. The van der Waals surface area contributed by atoms with Crippen LogP contribution < -0.4 is 14.8 Å². The third-order valence-electron chi connectivity index (χ3n) is 2.40. The summed E-state index contributed by atoms with van der Waals surface area (Å²) >= 11 is 0. The van der Waals surface area contributed by atoms with E-state index in [1.165, 1.54) is 7.11 Å². The second-order valence-electron chi connectivity index (χ2n) is 3.86. The Labute approximate surface area is 111 Å². The predicted octanol–water partition coefficient (Wildman–Crippen LogP) is 2.08. The Morgan fingerprint density at radius 2 is 2.00 bits per heavy atom. The average Bonchev–Trinajstić information content (AvgIpc) is 2.41. The number of methoxy groups -OCH3 is 2. The van der Waals surface area contributed by atoms with Crippen molar-refractivity contribution in [1.82, 2.24) is 5.32 Å². The molecular weight excluding hydrogens is 256 g/mol. The van der Waals surface area contributed by atoms with Gasteiger partial charge in [0.2, 0.25) is 0 Å². The van der Waals surface area contributed by atoms with Crippen molar-refractivity contribution in [2.24, 2.45) is 0 Å². The van der Waals surface area contributed by atoms with Crippen LogP contribution in [0.1, 0.15) is 5.56 Å². The molecule has 0 saturated heterocycles. The zero-order valence-corrected chi connectivity index (χ0v) is 11.1. The van der Waals surface area contributed by atoms with Gasteiger partial charge in [0, 0.05) is 20.2 Å². The number of benzene rings is 1. The smallest absolute Gasteiger partial charge is 0.272 e. The minimum Gasteiger partial charge on any atom is -0.493 e. The highest BCUT2D eigenvalue weighted by Gasteiger charge is 2.09. The minimum atomic E-state index is -2.51. The van der Waals surface area contributed by atoms with Gasteiger partial charge in [-0.1, -0.05) is 6.07 Å². The fraction of sp³-hybridized carbons (Fsp3) is 0.538. The highest BCUT2D eigenvalue weighted by molar-refractivity contribution is 5.42. The first-order valence-corrected chi connectivity index (χ1v) is 5.95. The average molecular weight is 275 g/mol. The molecular formula is C13H19F2NO3. The Bertz CT molecular complexity index is 375. The molecule has 0 fully saturated rings. The van der Waals surface area contributed by atoms with Gasteiger partial charge < -0.3 is 19.5 Å². The molecule has 0 atom stereocenters. The Balaban J connectivity index is 2.60. The number of halogens is 2. The van der Waals surface area contributed by atoms with Crippen LogP contribution in [0.3, 0.4) is 0 Å². The van der Waals surface area contributed by atoms with Crippen LogP contribution in [-0.4, -0.2) is 40.4 Å². The van der Waals surface area contributed by atoms with E-state index in [4.69, 9.17) is 14.2 Å². The third-order valence-corrected chi connectivity index (χ3v) is 2.40. The van der Waals surface area contributed by atoms with Crippen LogP contribution in [0.2, 0.25) is 0 Å². The summed E-state index contributed by atoms with van der Waals surface area (Å²) in [5.41, 5.74) is 0.932. The van der Waals surface area contributed by atoms with Crippen molar-refractivity contribution < 1.29 is 23.0 Å². The van der Waals surface area contributed by atoms with Crippen LogP contribution in [-0.2, 0) is 11.3 Å². The van der Waals surface area contributed by atoms with E-state index >= 15 is 0 Å². The van der Waals surface area contributed by atoms with Crippen molar-refractivity contribution in [3.63, 3.8) is 0 Å². The van der Waals surface area contributed by atoms with E-state index in [9.17, 15) is 8.78 Å². The van der Waals surface area contributed by atoms with Gasteiger partial charge in [-0.15, -0.1) is 0 Å². The van der Waals surface area contributed by atoms with E-state index in [1.54, 1.807) is 19.2 Å². The molecule has 4 nitrogen and oxygen atoms in total. The monoisotopic (exact) mass is 275 g/mol. The Morgan fingerprint density at radius 3 is 2.63 bits per heavy atom. The van der Waals surface area contributed by atoms with Crippen LogP contribution >= 0.6 is 0 Å². The zero-order valence-electron chi connectivity index (χ0n) is 11.1. The fourth-order valence-corrected chi connectivity index (χ4v) is 1.50. The van der Waals surface area contributed by atoms with E-state index in [0.29, 0.717) is 24.7 Å². The van der Waals surface area contributed by atoms with Gasteiger partial charge in [-0.25, -0.2) is 8.78 Å². The van der Waals surface area contributed by atoms with Gasteiger partial charge in [-0.05, 0) is 17.7 Å². The van der Waals surface area contributed by atoms with Crippen LogP contribution in [0.15, 0.2) is 18.2 Å². The maximum atomic E-state index is 12.2. The summed E-state index contributed by atoms with van der Waals surface area (Å²) in [5.74, 6) is 0.773. The van der Waals surface area contributed by atoms with Gasteiger partial charge in [0.15, 0.2) is 11.5 Å². The lowest BCUT2D eigenvalue weighted by Gasteiger charge is -2.12. The maximum absolute atomic E-state index is 12.2. The van der Waals surface area contributed by atoms with Crippen LogP contribution in [0.25, 0.3) is 0 Å². The molecule has 6 heteroatoms. The van der Waals surface area contributed by atoms with Crippen molar-refractivity contribution in [2.75, 3.05) is 34.0 Å². The number of alkyl halides is 2. The van der Waals surface area contributed by atoms with E-state index in [2.05, 4.69) is 5.32 Å². The van der Waals surface area contributed by atoms with E-state index in [1.807, 2.05) is 6.07 Å². The highest BCUT2D eigenvalue weighted by atomic mass is 19.3. The van der Waals surface area contributed by atoms with Crippen LogP contribution in [0.4, 0.5) is 8.78 Å². The van der Waals surface area contributed by atoms with Gasteiger partial charge in [-0.2, -0.15) is 0 Å². The molecule has 0 aliphatic rings. The topological polar surface area (TPSA) is 39.7 Å². The molecule has 108 valence electrons. The summed E-state index contributed by atoms with van der Waals surface area (Å²) in [7, 11) is 3.10. The second kappa shape index (κ2) is 8.66. The predicted molar refractivity (Wildman–Crippen MR) is 68.1 cm³/mol. The van der Waals surface area contributed by atoms with Crippen LogP contribution in [0.5, 0.6) is 11.5 Å². The molecule has 1 aromatic rings. The van der Waals surface area contributed by atoms with Crippen molar-refractivity contribution in [3.8, 4) is 11.5 Å². The van der Waals surface area contributed by atoms with Crippen molar-refractivity contribution >= 4 is 0 Å². The molecule has 0 heterocycles. The zero-order chi connectivity index (χ0) is 14.1. The molecule has 0 bridgehead atoms. The molecule has 19 heavy (non-hydrogen) atoms. The molecule has 0 radical (unpaired) electrons. The normalized spacial score (nSPS) is 10.8. The van der Waals surface area contributed by atoms with Crippen molar-refractivity contribution in [1.29, 1.82) is 0 Å². The SMILES string of the molecule is COCCNCc1ccc(OC)c(OCC(F)F)c1. The Morgan fingerprint density at radius 1 is 1.21 bits per heavy atom. The first-order chi connectivity index (χ1) is 9.17. The van der Waals surface area contributed by atoms with Crippen molar-refractivity contribution in [2.45, 2.75) is 13.0 Å². The summed E-state index contributed by atoms with van der Waals surface area (Å²) < 4.78 is 39.3. The van der Waals surface area contributed by atoms with Gasteiger partial charge in [0.1, 0.15) is 6.61 Å². The second-order valence-corrected chi connectivity index (χ2v) is 3.86. The molecule has 0 spiro atoms. The van der Waals surface area contributed by atoms with Crippen LogP contribution in [0, 0.1) is 0 Å². The minimum absolute atomic E-state index is 0.328. The molecule has 0 amide bonds. The number of ether oxygens (including phenoxy) is 3. The lowest BCUT2D eigenvalue weighted by Crippen LogP contribution is -2.18. The Hall–Kier alpha value is -1.40. The van der Waals surface area contributed by atoms with E-state index in [0.717, 1.165) is 12.1 Å². The molecule has 1 aromatic carbocycles. The van der Waals surface area contributed by atoms with Gasteiger partial charge in [-0.3, -0.25) is 0 Å². The quantitative estimate of drug-likeness (QED) is 0.700.